The van der Waals surface area contributed by atoms with Gasteiger partial charge in [0.15, 0.2) is 0 Å². The predicted octanol–water partition coefficient (Wildman–Crippen LogP) is 3.68. The van der Waals surface area contributed by atoms with Crippen LogP contribution in [0.25, 0.3) is 0 Å². The van der Waals surface area contributed by atoms with Gasteiger partial charge in [0, 0.05) is 25.0 Å². The molecule has 1 aromatic carbocycles. The van der Waals surface area contributed by atoms with Crippen molar-refractivity contribution in [3.63, 3.8) is 0 Å². The van der Waals surface area contributed by atoms with Gasteiger partial charge in [0.1, 0.15) is 0 Å². The molecule has 16 heavy (non-hydrogen) atoms. The number of hydrogen-bond acceptors (Lipinski definition) is 2. The fraction of sp³-hybridized carbons (Fsp3) is 0.571. The van der Waals surface area contributed by atoms with Gasteiger partial charge in [-0.1, -0.05) is 38.7 Å². The Labute approximate surface area is 99.5 Å². The maximum atomic E-state index is 5.76. The van der Waals surface area contributed by atoms with Crippen molar-refractivity contribution in [2.75, 3.05) is 24.2 Å². The van der Waals surface area contributed by atoms with Crippen molar-refractivity contribution >= 4 is 11.4 Å². The number of hydrogen-bond donors (Lipinski definition) is 1. The summed E-state index contributed by atoms with van der Waals surface area (Å²) in [7, 11) is 2.13. The molecular weight excluding hydrogens is 196 g/mol. The summed E-state index contributed by atoms with van der Waals surface area (Å²) in [5, 5.41) is 0. The molecule has 0 aliphatic rings. The van der Waals surface area contributed by atoms with Crippen molar-refractivity contribution in [2.24, 2.45) is 0 Å². The molecule has 0 atom stereocenters. The highest BCUT2D eigenvalue weighted by Crippen LogP contribution is 2.16. The third kappa shape index (κ3) is 4.56. The van der Waals surface area contributed by atoms with Crippen LogP contribution in [-0.4, -0.2) is 13.6 Å². The Morgan fingerprint density at radius 3 is 2.56 bits per heavy atom. The average Bonchev–Trinajstić information content (AvgIpc) is 2.28. The molecule has 0 amide bonds. The number of benzene rings is 1. The molecule has 0 heterocycles. The standard InChI is InChI=1S/C14H24N2/c1-3-4-5-6-7-11-16(2)14-10-8-9-13(15)12-14/h8-10,12H,3-7,11,15H2,1-2H3. The minimum Gasteiger partial charge on any atom is -0.399 e. The maximum Gasteiger partial charge on any atom is 0.0384 e. The van der Waals surface area contributed by atoms with Gasteiger partial charge in [-0.15, -0.1) is 0 Å². The largest absolute Gasteiger partial charge is 0.399 e. The molecule has 1 rings (SSSR count). The van der Waals surface area contributed by atoms with E-state index < -0.39 is 0 Å². The van der Waals surface area contributed by atoms with Crippen LogP contribution in [0, 0.1) is 0 Å². The highest BCUT2D eigenvalue weighted by molar-refractivity contribution is 5.55. The van der Waals surface area contributed by atoms with Gasteiger partial charge in [0.25, 0.3) is 0 Å². The van der Waals surface area contributed by atoms with Crippen molar-refractivity contribution in [3.05, 3.63) is 24.3 Å². The van der Waals surface area contributed by atoms with E-state index in [1.807, 2.05) is 18.2 Å². The fourth-order valence-corrected chi connectivity index (χ4v) is 1.84. The van der Waals surface area contributed by atoms with Crippen molar-refractivity contribution in [1.82, 2.24) is 0 Å². The van der Waals surface area contributed by atoms with Crippen molar-refractivity contribution < 1.29 is 0 Å². The number of anilines is 2. The van der Waals surface area contributed by atoms with Crippen LogP contribution in [0.5, 0.6) is 0 Å². The van der Waals surface area contributed by atoms with Gasteiger partial charge in [-0.25, -0.2) is 0 Å². The first-order chi connectivity index (χ1) is 7.74. The van der Waals surface area contributed by atoms with Crippen LogP contribution in [0.2, 0.25) is 0 Å². The van der Waals surface area contributed by atoms with E-state index in [0.29, 0.717) is 0 Å². The molecule has 0 fully saturated rings. The molecule has 2 heteroatoms. The number of nitrogen functional groups attached to an aromatic ring is 1. The molecular formula is C14H24N2. The van der Waals surface area contributed by atoms with E-state index >= 15 is 0 Å². The number of nitrogens with zero attached hydrogens (tertiary/aromatic N) is 1. The van der Waals surface area contributed by atoms with Gasteiger partial charge in [-0.2, -0.15) is 0 Å². The summed E-state index contributed by atoms with van der Waals surface area (Å²) in [6, 6.07) is 8.09. The van der Waals surface area contributed by atoms with E-state index in [0.717, 1.165) is 12.2 Å². The van der Waals surface area contributed by atoms with Crippen LogP contribution in [0.4, 0.5) is 11.4 Å². The molecule has 0 bridgehead atoms. The number of nitrogens with two attached hydrogens (primary N) is 1. The minimum absolute atomic E-state index is 0.843. The molecule has 1 aromatic rings. The maximum absolute atomic E-state index is 5.76. The lowest BCUT2D eigenvalue weighted by atomic mass is 10.1. The monoisotopic (exact) mass is 220 g/mol. The third-order valence-corrected chi connectivity index (χ3v) is 2.91. The Hall–Kier alpha value is -1.18. The van der Waals surface area contributed by atoms with Crippen molar-refractivity contribution in [1.29, 1.82) is 0 Å². The molecule has 2 nitrogen and oxygen atoms in total. The highest BCUT2D eigenvalue weighted by Gasteiger charge is 2.00. The Kier molecular flexibility index (Phi) is 5.76. The molecule has 0 aliphatic carbocycles. The number of rotatable bonds is 7. The van der Waals surface area contributed by atoms with E-state index in [1.165, 1.54) is 37.8 Å². The van der Waals surface area contributed by atoms with Gasteiger partial charge in [0.05, 0.1) is 0 Å². The van der Waals surface area contributed by atoms with Crippen LogP contribution in [0.1, 0.15) is 39.0 Å². The molecule has 0 aromatic heterocycles. The highest BCUT2D eigenvalue weighted by atomic mass is 15.1. The Morgan fingerprint density at radius 2 is 1.88 bits per heavy atom. The van der Waals surface area contributed by atoms with Crippen LogP contribution in [0.15, 0.2) is 24.3 Å². The normalized spacial score (nSPS) is 10.4. The van der Waals surface area contributed by atoms with E-state index in [9.17, 15) is 0 Å². The summed E-state index contributed by atoms with van der Waals surface area (Å²) >= 11 is 0. The summed E-state index contributed by atoms with van der Waals surface area (Å²) in [6.07, 6.45) is 6.64. The van der Waals surface area contributed by atoms with Gasteiger partial charge < -0.3 is 10.6 Å². The number of unbranched alkanes of at least 4 members (excludes halogenated alkanes) is 4. The lowest BCUT2D eigenvalue weighted by molar-refractivity contribution is 0.629. The third-order valence-electron chi connectivity index (χ3n) is 2.91. The lowest BCUT2D eigenvalue weighted by Gasteiger charge is -2.19. The van der Waals surface area contributed by atoms with E-state index in [1.54, 1.807) is 0 Å². The lowest BCUT2D eigenvalue weighted by Crippen LogP contribution is -2.18. The Morgan fingerprint density at radius 1 is 1.12 bits per heavy atom. The molecule has 0 spiro atoms. The van der Waals surface area contributed by atoms with Crippen LogP contribution in [0.3, 0.4) is 0 Å². The zero-order valence-corrected chi connectivity index (χ0v) is 10.6. The predicted molar refractivity (Wildman–Crippen MR) is 72.9 cm³/mol. The zero-order valence-electron chi connectivity index (χ0n) is 10.6. The fourth-order valence-electron chi connectivity index (χ4n) is 1.84. The second kappa shape index (κ2) is 7.15. The summed E-state index contributed by atoms with van der Waals surface area (Å²) in [5.41, 5.74) is 7.83. The Balaban J connectivity index is 2.27. The van der Waals surface area contributed by atoms with Crippen LogP contribution < -0.4 is 10.6 Å². The molecule has 0 saturated heterocycles. The van der Waals surface area contributed by atoms with Crippen LogP contribution >= 0.6 is 0 Å². The van der Waals surface area contributed by atoms with E-state index in [-0.39, 0.29) is 0 Å². The molecule has 0 saturated carbocycles. The quantitative estimate of drug-likeness (QED) is 0.561. The Bertz CT molecular complexity index is 297. The second-order valence-electron chi connectivity index (χ2n) is 4.43. The van der Waals surface area contributed by atoms with Gasteiger partial charge in [-0.05, 0) is 24.6 Å². The van der Waals surface area contributed by atoms with Crippen molar-refractivity contribution in [2.45, 2.75) is 39.0 Å². The SMILES string of the molecule is CCCCCCCN(C)c1cccc(N)c1. The van der Waals surface area contributed by atoms with Crippen LogP contribution in [-0.2, 0) is 0 Å². The molecule has 0 radical (unpaired) electrons. The summed E-state index contributed by atoms with van der Waals surface area (Å²) < 4.78 is 0. The van der Waals surface area contributed by atoms with E-state index in [2.05, 4.69) is 24.9 Å². The van der Waals surface area contributed by atoms with Crippen molar-refractivity contribution in [3.8, 4) is 0 Å². The summed E-state index contributed by atoms with van der Waals surface area (Å²) in [4.78, 5) is 2.28. The summed E-state index contributed by atoms with van der Waals surface area (Å²) in [5.74, 6) is 0. The van der Waals surface area contributed by atoms with Gasteiger partial charge in [0.2, 0.25) is 0 Å². The van der Waals surface area contributed by atoms with Gasteiger partial charge in [-0.3, -0.25) is 0 Å². The first-order valence-electron chi connectivity index (χ1n) is 6.30. The smallest absolute Gasteiger partial charge is 0.0384 e. The molecule has 2 N–H and O–H groups in total. The van der Waals surface area contributed by atoms with E-state index in [4.69, 9.17) is 5.73 Å². The molecule has 90 valence electrons. The summed E-state index contributed by atoms with van der Waals surface area (Å²) in [6.45, 7) is 3.37. The first-order valence-corrected chi connectivity index (χ1v) is 6.30. The minimum atomic E-state index is 0.843. The first kappa shape index (κ1) is 12.9. The zero-order chi connectivity index (χ0) is 11.8. The average molecular weight is 220 g/mol. The second-order valence-corrected chi connectivity index (χ2v) is 4.43. The molecule has 0 unspecified atom stereocenters. The van der Waals surface area contributed by atoms with Gasteiger partial charge >= 0.3 is 0 Å². The topological polar surface area (TPSA) is 29.3 Å². The molecule has 0 aliphatic heterocycles.